The summed E-state index contributed by atoms with van der Waals surface area (Å²) in [5, 5.41) is 0.516. The minimum Gasteiger partial charge on any atom is -0.446 e. The summed E-state index contributed by atoms with van der Waals surface area (Å²) in [5.41, 5.74) is -0.0586. The predicted molar refractivity (Wildman–Crippen MR) is 94.3 cm³/mol. The van der Waals surface area contributed by atoms with Gasteiger partial charge in [-0.3, -0.25) is 0 Å². The lowest BCUT2D eigenvalue weighted by atomic mass is 9.67. The van der Waals surface area contributed by atoms with E-state index in [1.807, 2.05) is 0 Å². The predicted octanol–water partition coefficient (Wildman–Crippen LogP) is 4.71. The molecule has 6 saturated carbocycles. The van der Waals surface area contributed by atoms with E-state index in [1.165, 1.54) is 64.2 Å². The van der Waals surface area contributed by atoms with Crippen LogP contribution in [0.1, 0.15) is 64.2 Å². The Bertz CT molecular complexity index is 581. The summed E-state index contributed by atoms with van der Waals surface area (Å²) in [6.07, 6.45) is 14.0. The Kier molecular flexibility index (Phi) is 2.40. The molecule has 24 heavy (non-hydrogen) atoms. The van der Waals surface area contributed by atoms with Gasteiger partial charge in [-0.15, -0.1) is 0 Å². The number of thiocarbonyl (C=S) groups is 1. The lowest BCUT2D eigenvalue weighted by Gasteiger charge is -2.44. The maximum absolute atomic E-state index is 6.64. The lowest BCUT2D eigenvalue weighted by Crippen LogP contribution is -2.57. The highest BCUT2D eigenvalue weighted by molar-refractivity contribution is 7.79. The van der Waals surface area contributed by atoms with Crippen LogP contribution >= 0.6 is 12.2 Å². The second kappa shape index (κ2) is 4.15. The van der Waals surface area contributed by atoms with Crippen LogP contribution in [0, 0.1) is 47.3 Å². The van der Waals surface area contributed by atoms with Gasteiger partial charge in [-0.2, -0.15) is 0 Å². The number of hydrogen-bond donors (Lipinski definition) is 0. The second-order valence-corrected chi connectivity index (χ2v) is 10.7. The van der Waals surface area contributed by atoms with Gasteiger partial charge in [0.05, 0.1) is 0 Å². The largest absolute Gasteiger partial charge is 0.446 e. The molecule has 0 bridgehead atoms. The summed E-state index contributed by atoms with van der Waals surface area (Å²) in [6.45, 7) is 0. The standard InChI is InChI=1S/C21H28O2S/c24-19-22-20(9-13-3-1-11-5-7-15(20)17(11)13)21(23-19)10-14-4-2-12-6-8-16(21)18(12)14/h11-18H,1-10H2/t11-,12+,13-,14-,15-,16+,17+,18-,20-,21-/m0/s1. The highest BCUT2D eigenvalue weighted by Gasteiger charge is 2.79. The van der Waals surface area contributed by atoms with Crippen LogP contribution in [-0.2, 0) is 9.47 Å². The Morgan fingerprint density at radius 2 is 1.04 bits per heavy atom. The third kappa shape index (κ3) is 1.29. The molecule has 10 atom stereocenters. The Morgan fingerprint density at radius 3 is 1.54 bits per heavy atom. The van der Waals surface area contributed by atoms with E-state index in [0.717, 1.165) is 47.3 Å². The summed E-state index contributed by atoms with van der Waals surface area (Å²) in [6, 6.07) is 0. The van der Waals surface area contributed by atoms with Gasteiger partial charge in [-0.1, -0.05) is 0 Å². The van der Waals surface area contributed by atoms with E-state index in [-0.39, 0.29) is 11.2 Å². The van der Waals surface area contributed by atoms with Gasteiger partial charge in [0, 0.05) is 24.1 Å². The Labute approximate surface area is 150 Å². The van der Waals surface area contributed by atoms with Crippen LogP contribution in [0.4, 0.5) is 0 Å². The van der Waals surface area contributed by atoms with Crippen molar-refractivity contribution in [1.82, 2.24) is 0 Å². The zero-order chi connectivity index (χ0) is 15.7. The molecular weight excluding hydrogens is 316 g/mol. The number of rotatable bonds is 0. The molecule has 0 aromatic heterocycles. The van der Waals surface area contributed by atoms with E-state index in [2.05, 4.69) is 0 Å². The molecule has 7 rings (SSSR count). The Hall–Kier alpha value is -0.310. The van der Waals surface area contributed by atoms with Crippen LogP contribution in [0.15, 0.2) is 0 Å². The van der Waals surface area contributed by atoms with Crippen molar-refractivity contribution in [1.29, 1.82) is 0 Å². The molecule has 0 radical (unpaired) electrons. The van der Waals surface area contributed by atoms with Gasteiger partial charge in [0.15, 0.2) is 11.2 Å². The zero-order valence-corrected chi connectivity index (χ0v) is 15.2. The first-order valence-electron chi connectivity index (χ1n) is 10.6. The fourth-order valence-corrected chi connectivity index (χ4v) is 10.2. The van der Waals surface area contributed by atoms with E-state index in [4.69, 9.17) is 21.7 Å². The molecule has 130 valence electrons. The maximum atomic E-state index is 6.64. The van der Waals surface area contributed by atoms with E-state index in [0.29, 0.717) is 5.24 Å². The van der Waals surface area contributed by atoms with E-state index in [9.17, 15) is 0 Å². The van der Waals surface area contributed by atoms with Crippen LogP contribution in [0.25, 0.3) is 0 Å². The SMILES string of the molecule is S=C1O[C@]2(C[C@@H]3CC[C@@H]4CC[C@@H]2[C@@H]43)[C@@]2(C[C@@H]3CC[C@H]4CC[C@H]2[C@H]43)O1. The van der Waals surface area contributed by atoms with Crippen molar-refractivity contribution in [3.05, 3.63) is 0 Å². The van der Waals surface area contributed by atoms with Crippen LogP contribution in [0.5, 0.6) is 0 Å². The van der Waals surface area contributed by atoms with E-state index in [1.54, 1.807) is 0 Å². The van der Waals surface area contributed by atoms with Crippen LogP contribution in [0.3, 0.4) is 0 Å². The molecule has 2 spiro atoms. The van der Waals surface area contributed by atoms with Crippen LogP contribution < -0.4 is 0 Å². The van der Waals surface area contributed by atoms with E-state index >= 15 is 0 Å². The van der Waals surface area contributed by atoms with Crippen molar-refractivity contribution in [3.8, 4) is 0 Å². The van der Waals surface area contributed by atoms with E-state index < -0.39 is 0 Å². The number of fused-ring (bicyclic) bond motifs is 3. The van der Waals surface area contributed by atoms with Crippen molar-refractivity contribution < 1.29 is 9.47 Å². The molecule has 1 aliphatic heterocycles. The normalized spacial score (nSPS) is 64.9. The molecule has 1 heterocycles. The maximum Gasteiger partial charge on any atom is 0.353 e. The highest BCUT2D eigenvalue weighted by Crippen LogP contribution is 2.74. The van der Waals surface area contributed by atoms with Crippen LogP contribution in [0.2, 0.25) is 0 Å². The summed E-state index contributed by atoms with van der Waals surface area (Å²) in [4.78, 5) is 0. The summed E-state index contributed by atoms with van der Waals surface area (Å²) >= 11 is 5.59. The van der Waals surface area contributed by atoms with Gasteiger partial charge >= 0.3 is 5.24 Å². The van der Waals surface area contributed by atoms with Crippen molar-refractivity contribution in [2.24, 2.45) is 47.3 Å². The van der Waals surface area contributed by atoms with Gasteiger partial charge in [-0.05, 0) is 99.7 Å². The number of ether oxygens (including phenoxy) is 2. The Morgan fingerprint density at radius 1 is 0.625 bits per heavy atom. The van der Waals surface area contributed by atoms with Crippen molar-refractivity contribution in [2.45, 2.75) is 75.4 Å². The molecule has 0 aromatic carbocycles. The first-order valence-corrected chi connectivity index (χ1v) is 11.0. The highest BCUT2D eigenvalue weighted by atomic mass is 32.1. The molecule has 2 nitrogen and oxygen atoms in total. The van der Waals surface area contributed by atoms with Crippen molar-refractivity contribution >= 4 is 17.5 Å². The van der Waals surface area contributed by atoms with Gasteiger partial charge in [0.1, 0.15) is 0 Å². The molecule has 0 unspecified atom stereocenters. The third-order valence-electron chi connectivity index (χ3n) is 10.2. The van der Waals surface area contributed by atoms with Gasteiger partial charge in [0.25, 0.3) is 0 Å². The molecule has 6 aliphatic carbocycles. The average molecular weight is 345 g/mol. The van der Waals surface area contributed by atoms with Gasteiger partial charge in [-0.25, -0.2) is 0 Å². The molecule has 7 fully saturated rings. The first kappa shape index (κ1) is 13.8. The molecule has 1 saturated heterocycles. The molecular formula is C21H28O2S. The fourth-order valence-electron chi connectivity index (χ4n) is 9.90. The summed E-state index contributed by atoms with van der Waals surface area (Å²) < 4.78 is 13.3. The molecule has 0 aromatic rings. The Balaban J connectivity index is 1.38. The average Bonchev–Trinajstić information content (AvgIpc) is 3.32. The summed E-state index contributed by atoms with van der Waals surface area (Å²) in [5.74, 6) is 7.15. The topological polar surface area (TPSA) is 18.5 Å². The third-order valence-corrected chi connectivity index (χ3v) is 10.4. The molecule has 3 heteroatoms. The van der Waals surface area contributed by atoms with Gasteiger partial charge < -0.3 is 9.47 Å². The number of hydrogen-bond acceptors (Lipinski definition) is 3. The molecule has 7 aliphatic rings. The summed E-state index contributed by atoms with van der Waals surface area (Å²) in [7, 11) is 0. The van der Waals surface area contributed by atoms with Gasteiger partial charge in [0.2, 0.25) is 0 Å². The smallest absolute Gasteiger partial charge is 0.353 e. The fraction of sp³-hybridized carbons (Fsp3) is 0.952. The van der Waals surface area contributed by atoms with Crippen molar-refractivity contribution in [3.63, 3.8) is 0 Å². The van der Waals surface area contributed by atoms with Crippen LogP contribution in [-0.4, -0.2) is 16.4 Å². The minimum absolute atomic E-state index is 0.0293. The molecule has 0 amide bonds. The monoisotopic (exact) mass is 344 g/mol. The quantitative estimate of drug-likeness (QED) is 0.593. The lowest BCUT2D eigenvalue weighted by molar-refractivity contribution is -0.106. The zero-order valence-electron chi connectivity index (χ0n) is 14.4. The molecule has 0 N–H and O–H groups in total. The second-order valence-electron chi connectivity index (χ2n) is 10.4. The first-order chi connectivity index (χ1) is 11.7. The minimum atomic E-state index is -0.0293. The van der Waals surface area contributed by atoms with Crippen molar-refractivity contribution in [2.75, 3.05) is 0 Å².